The molecule has 5 nitrogen and oxygen atoms in total. The van der Waals surface area contributed by atoms with Gasteiger partial charge in [0.05, 0.1) is 25.4 Å². The van der Waals surface area contributed by atoms with Crippen LogP contribution in [0, 0.1) is 0 Å². The van der Waals surface area contributed by atoms with Crippen LogP contribution in [0.5, 0.6) is 0 Å². The average molecular weight is 221 g/mol. The van der Waals surface area contributed by atoms with E-state index in [9.17, 15) is 10.2 Å². The average Bonchev–Trinajstić information content (AvgIpc) is 2.25. The van der Waals surface area contributed by atoms with Gasteiger partial charge in [-0.25, -0.2) is 0 Å². The van der Waals surface area contributed by atoms with E-state index >= 15 is 0 Å². The number of aliphatic hydroxyl groups is 4. The second kappa shape index (κ2) is 9.06. The van der Waals surface area contributed by atoms with Crippen molar-refractivity contribution >= 4 is 0 Å². The number of aliphatic hydroxyl groups excluding tert-OH is 4. The Kier molecular flexibility index (Phi) is 8.94. The molecule has 0 amide bonds. The van der Waals surface area contributed by atoms with Gasteiger partial charge in [-0.15, -0.1) is 0 Å². The number of nitrogens with zero attached hydrogens (tertiary/aromatic N) is 1. The zero-order valence-corrected chi connectivity index (χ0v) is 9.34. The third-order valence-corrected chi connectivity index (χ3v) is 2.19. The Morgan fingerprint density at radius 1 is 1.00 bits per heavy atom. The molecule has 0 aliphatic rings. The Morgan fingerprint density at radius 3 is 1.80 bits per heavy atom. The fraction of sp³-hybridized carbons (Fsp3) is 1.00. The summed E-state index contributed by atoms with van der Waals surface area (Å²) >= 11 is 0. The minimum absolute atomic E-state index is 0.280. The third-order valence-electron chi connectivity index (χ3n) is 2.19. The predicted octanol–water partition coefficient (Wildman–Crippen LogP) is -1.21. The molecule has 5 heteroatoms. The first-order valence-corrected chi connectivity index (χ1v) is 5.44. The molecule has 0 saturated carbocycles. The van der Waals surface area contributed by atoms with Gasteiger partial charge in [0.15, 0.2) is 0 Å². The van der Waals surface area contributed by atoms with Crippen molar-refractivity contribution in [3.63, 3.8) is 0 Å². The summed E-state index contributed by atoms with van der Waals surface area (Å²) in [7, 11) is 0. The van der Waals surface area contributed by atoms with Gasteiger partial charge in [-0.2, -0.15) is 0 Å². The lowest BCUT2D eigenvalue weighted by atomic mass is 10.2. The number of unbranched alkanes of at least 4 members (excludes halogenated alkanes) is 1. The zero-order valence-electron chi connectivity index (χ0n) is 9.34. The minimum atomic E-state index is -0.784. The lowest BCUT2D eigenvalue weighted by molar-refractivity contribution is 0.0229. The molecule has 0 spiro atoms. The van der Waals surface area contributed by atoms with Crippen molar-refractivity contribution in [2.24, 2.45) is 0 Å². The van der Waals surface area contributed by atoms with E-state index in [-0.39, 0.29) is 13.2 Å². The maximum Gasteiger partial charge on any atom is 0.0897 e. The molecule has 2 unspecified atom stereocenters. The summed E-state index contributed by atoms with van der Waals surface area (Å²) in [4.78, 5) is 1.85. The van der Waals surface area contributed by atoms with E-state index < -0.39 is 12.2 Å². The summed E-state index contributed by atoms with van der Waals surface area (Å²) in [5.74, 6) is 0. The monoisotopic (exact) mass is 221 g/mol. The first-order valence-electron chi connectivity index (χ1n) is 5.44. The quantitative estimate of drug-likeness (QED) is 0.393. The molecule has 0 aromatic rings. The Bertz CT molecular complexity index is 133. The van der Waals surface area contributed by atoms with Crippen LogP contribution in [0.15, 0.2) is 0 Å². The maximum absolute atomic E-state index is 9.28. The van der Waals surface area contributed by atoms with E-state index in [4.69, 9.17) is 10.2 Å². The van der Waals surface area contributed by atoms with E-state index in [0.29, 0.717) is 13.1 Å². The molecular weight excluding hydrogens is 198 g/mol. The van der Waals surface area contributed by atoms with Crippen molar-refractivity contribution in [1.29, 1.82) is 0 Å². The molecule has 0 fully saturated rings. The summed E-state index contributed by atoms with van der Waals surface area (Å²) in [6.45, 7) is 2.91. The van der Waals surface area contributed by atoms with Crippen molar-refractivity contribution in [1.82, 2.24) is 4.90 Å². The molecule has 92 valence electrons. The Hall–Kier alpha value is -0.200. The van der Waals surface area contributed by atoms with Crippen molar-refractivity contribution in [2.45, 2.75) is 32.0 Å². The van der Waals surface area contributed by atoms with Crippen molar-refractivity contribution in [2.75, 3.05) is 32.8 Å². The highest BCUT2D eigenvalue weighted by atomic mass is 16.3. The molecule has 0 bridgehead atoms. The van der Waals surface area contributed by atoms with Crippen LogP contribution in [0.3, 0.4) is 0 Å². The van der Waals surface area contributed by atoms with Gasteiger partial charge in [0.1, 0.15) is 0 Å². The molecule has 0 aliphatic heterocycles. The second-order valence-electron chi connectivity index (χ2n) is 3.79. The van der Waals surface area contributed by atoms with Gasteiger partial charge >= 0.3 is 0 Å². The molecular formula is C10H23NO4. The molecule has 0 aromatic heterocycles. The van der Waals surface area contributed by atoms with Crippen molar-refractivity contribution < 1.29 is 20.4 Å². The fourth-order valence-corrected chi connectivity index (χ4v) is 1.35. The highest BCUT2D eigenvalue weighted by Crippen LogP contribution is 1.99. The molecule has 4 N–H and O–H groups in total. The summed E-state index contributed by atoms with van der Waals surface area (Å²) in [5.41, 5.74) is 0. The van der Waals surface area contributed by atoms with E-state index in [1.54, 1.807) is 0 Å². The Morgan fingerprint density at radius 2 is 1.47 bits per heavy atom. The lowest BCUT2D eigenvalue weighted by Gasteiger charge is -2.25. The first kappa shape index (κ1) is 14.8. The van der Waals surface area contributed by atoms with Gasteiger partial charge in [-0.3, -0.25) is 4.90 Å². The smallest absolute Gasteiger partial charge is 0.0897 e. The number of hydrogen-bond donors (Lipinski definition) is 4. The second-order valence-corrected chi connectivity index (χ2v) is 3.79. The highest BCUT2D eigenvalue weighted by molar-refractivity contribution is 4.67. The zero-order chi connectivity index (χ0) is 11.7. The van der Waals surface area contributed by atoms with Crippen LogP contribution in [0.25, 0.3) is 0 Å². The van der Waals surface area contributed by atoms with Gasteiger partial charge in [0, 0.05) is 13.1 Å². The van der Waals surface area contributed by atoms with Crippen molar-refractivity contribution in [3.05, 3.63) is 0 Å². The molecule has 0 aliphatic carbocycles. The SMILES string of the molecule is CCCCN(CC(O)CO)CC(O)CO. The molecule has 0 heterocycles. The van der Waals surface area contributed by atoms with Crippen LogP contribution < -0.4 is 0 Å². The van der Waals surface area contributed by atoms with Gasteiger partial charge in [0.25, 0.3) is 0 Å². The van der Waals surface area contributed by atoms with Crippen LogP contribution in [-0.2, 0) is 0 Å². The number of rotatable bonds is 9. The van der Waals surface area contributed by atoms with Crippen LogP contribution in [-0.4, -0.2) is 70.4 Å². The molecule has 0 radical (unpaired) electrons. The van der Waals surface area contributed by atoms with E-state index in [1.807, 2.05) is 4.90 Å². The highest BCUT2D eigenvalue weighted by Gasteiger charge is 2.14. The maximum atomic E-state index is 9.28. The number of hydrogen-bond acceptors (Lipinski definition) is 5. The van der Waals surface area contributed by atoms with Crippen molar-refractivity contribution in [3.8, 4) is 0 Å². The van der Waals surface area contributed by atoms with Crippen LogP contribution in [0.1, 0.15) is 19.8 Å². The summed E-state index contributed by atoms with van der Waals surface area (Å²) in [5, 5.41) is 36.0. The van der Waals surface area contributed by atoms with Crippen LogP contribution >= 0.6 is 0 Å². The first-order chi connectivity index (χ1) is 7.13. The molecule has 15 heavy (non-hydrogen) atoms. The van der Waals surface area contributed by atoms with E-state index in [2.05, 4.69) is 6.92 Å². The molecule has 0 saturated heterocycles. The standard InChI is InChI=1S/C10H23NO4/c1-2-3-4-11(5-9(14)7-12)6-10(15)8-13/h9-10,12-15H,2-8H2,1H3. The predicted molar refractivity (Wildman–Crippen MR) is 57.5 cm³/mol. The molecule has 0 rings (SSSR count). The van der Waals surface area contributed by atoms with Gasteiger partial charge in [0.2, 0.25) is 0 Å². The Balaban J connectivity index is 3.93. The van der Waals surface area contributed by atoms with Gasteiger partial charge in [-0.1, -0.05) is 13.3 Å². The summed E-state index contributed by atoms with van der Waals surface area (Å²) in [6.07, 6.45) is 0.428. The van der Waals surface area contributed by atoms with Gasteiger partial charge < -0.3 is 20.4 Å². The minimum Gasteiger partial charge on any atom is -0.394 e. The van der Waals surface area contributed by atoms with Crippen LogP contribution in [0.2, 0.25) is 0 Å². The van der Waals surface area contributed by atoms with E-state index in [0.717, 1.165) is 19.4 Å². The lowest BCUT2D eigenvalue weighted by Crippen LogP contribution is -2.40. The summed E-state index contributed by atoms with van der Waals surface area (Å²) < 4.78 is 0. The van der Waals surface area contributed by atoms with Crippen LogP contribution in [0.4, 0.5) is 0 Å². The fourth-order valence-electron chi connectivity index (χ4n) is 1.35. The summed E-state index contributed by atoms with van der Waals surface area (Å²) in [6, 6.07) is 0. The normalized spacial score (nSPS) is 15.6. The van der Waals surface area contributed by atoms with E-state index in [1.165, 1.54) is 0 Å². The molecule has 0 aromatic carbocycles. The third kappa shape index (κ3) is 7.70. The topological polar surface area (TPSA) is 84.2 Å². The van der Waals surface area contributed by atoms with Gasteiger partial charge in [-0.05, 0) is 13.0 Å². The molecule has 2 atom stereocenters. The largest absolute Gasteiger partial charge is 0.394 e. The Labute approximate surface area is 91.0 Å².